The molecule has 1 aromatic rings. The van der Waals surface area contributed by atoms with Crippen LogP contribution in [0, 0.1) is 5.92 Å². The number of rotatable bonds is 7. The smallest absolute Gasteiger partial charge is 0.0594 e. The molecule has 2 atom stereocenters. The summed E-state index contributed by atoms with van der Waals surface area (Å²) >= 11 is 0. The van der Waals surface area contributed by atoms with E-state index < -0.39 is 0 Å². The normalized spacial score (nSPS) is 23.4. The second-order valence-electron chi connectivity index (χ2n) is 5.43. The molecule has 0 bridgehead atoms. The minimum Gasteiger partial charge on any atom is -0.377 e. The molecule has 0 radical (unpaired) electrons. The predicted octanol–water partition coefficient (Wildman–Crippen LogP) is 3.16. The summed E-state index contributed by atoms with van der Waals surface area (Å²) in [6, 6.07) is 6.01. The first-order chi connectivity index (χ1) is 9.38. The molecular formula is C16H26N2O. The van der Waals surface area contributed by atoms with Gasteiger partial charge in [-0.15, -0.1) is 0 Å². The molecule has 1 heterocycles. The van der Waals surface area contributed by atoms with Crippen molar-refractivity contribution in [1.82, 2.24) is 10.3 Å². The van der Waals surface area contributed by atoms with Crippen LogP contribution in [0.15, 0.2) is 24.4 Å². The standard InChI is InChI=1S/C16H26N2O/c1-2-14-6-5-8-16(12-14)19-11-10-17-13-15-7-3-4-9-18-15/h3-4,7,9,14,16-17H,2,5-6,8,10-13H2,1H3. The van der Waals surface area contributed by atoms with E-state index >= 15 is 0 Å². The van der Waals surface area contributed by atoms with Crippen LogP contribution in [0.3, 0.4) is 0 Å². The molecule has 1 N–H and O–H groups in total. The highest BCUT2D eigenvalue weighted by molar-refractivity contribution is 5.02. The maximum Gasteiger partial charge on any atom is 0.0594 e. The quantitative estimate of drug-likeness (QED) is 0.766. The molecule has 3 heteroatoms. The summed E-state index contributed by atoms with van der Waals surface area (Å²) in [4.78, 5) is 4.28. The molecule has 0 aliphatic heterocycles. The van der Waals surface area contributed by atoms with Crippen LogP contribution in [0.5, 0.6) is 0 Å². The molecule has 0 amide bonds. The molecule has 2 unspecified atom stereocenters. The van der Waals surface area contributed by atoms with Crippen LogP contribution in [0.25, 0.3) is 0 Å². The van der Waals surface area contributed by atoms with Crippen LogP contribution >= 0.6 is 0 Å². The molecular weight excluding hydrogens is 236 g/mol. The number of nitrogens with zero attached hydrogens (tertiary/aromatic N) is 1. The lowest BCUT2D eigenvalue weighted by molar-refractivity contribution is 0.0141. The fourth-order valence-electron chi connectivity index (χ4n) is 2.78. The van der Waals surface area contributed by atoms with E-state index in [0.717, 1.165) is 31.3 Å². The minimum atomic E-state index is 0.496. The summed E-state index contributed by atoms with van der Waals surface area (Å²) in [6.45, 7) is 4.84. The number of pyridine rings is 1. The number of ether oxygens (including phenoxy) is 1. The Morgan fingerprint density at radius 1 is 1.37 bits per heavy atom. The lowest BCUT2D eigenvalue weighted by Gasteiger charge is -2.28. The third-order valence-electron chi connectivity index (χ3n) is 3.98. The van der Waals surface area contributed by atoms with E-state index in [2.05, 4.69) is 17.2 Å². The minimum absolute atomic E-state index is 0.496. The zero-order chi connectivity index (χ0) is 13.3. The Kier molecular flexibility index (Phi) is 6.31. The number of hydrogen-bond acceptors (Lipinski definition) is 3. The Morgan fingerprint density at radius 3 is 3.11 bits per heavy atom. The van der Waals surface area contributed by atoms with Crippen LogP contribution < -0.4 is 5.32 Å². The number of nitrogens with one attached hydrogen (secondary N) is 1. The SMILES string of the molecule is CCC1CCCC(OCCNCc2ccccn2)C1. The van der Waals surface area contributed by atoms with Gasteiger partial charge in [-0.05, 0) is 30.9 Å². The summed E-state index contributed by atoms with van der Waals surface area (Å²) in [5.74, 6) is 0.889. The zero-order valence-corrected chi connectivity index (χ0v) is 12.0. The van der Waals surface area contributed by atoms with Gasteiger partial charge in [-0.25, -0.2) is 0 Å². The molecule has 2 rings (SSSR count). The van der Waals surface area contributed by atoms with Gasteiger partial charge in [0.1, 0.15) is 0 Å². The van der Waals surface area contributed by atoms with Crippen molar-refractivity contribution in [3.05, 3.63) is 30.1 Å². The van der Waals surface area contributed by atoms with Crippen molar-refractivity contribution in [2.45, 2.75) is 51.7 Å². The maximum atomic E-state index is 5.97. The van der Waals surface area contributed by atoms with Crippen molar-refractivity contribution in [2.24, 2.45) is 5.92 Å². The Labute approximate surface area is 116 Å². The molecule has 106 valence electrons. The molecule has 0 aromatic carbocycles. The van der Waals surface area contributed by atoms with Crippen molar-refractivity contribution in [1.29, 1.82) is 0 Å². The van der Waals surface area contributed by atoms with Crippen LogP contribution in [0.1, 0.15) is 44.7 Å². The average Bonchev–Trinajstić information content (AvgIpc) is 2.48. The Bertz CT molecular complexity index is 342. The van der Waals surface area contributed by atoms with Gasteiger partial charge in [0.05, 0.1) is 18.4 Å². The maximum absolute atomic E-state index is 5.97. The number of hydrogen-bond donors (Lipinski definition) is 1. The molecule has 0 spiro atoms. The van der Waals surface area contributed by atoms with E-state index in [0.29, 0.717) is 6.10 Å². The zero-order valence-electron chi connectivity index (χ0n) is 12.0. The average molecular weight is 262 g/mol. The molecule has 1 saturated carbocycles. The van der Waals surface area contributed by atoms with E-state index in [-0.39, 0.29) is 0 Å². The molecule has 1 fully saturated rings. The lowest BCUT2D eigenvalue weighted by atomic mass is 9.85. The molecule has 3 nitrogen and oxygen atoms in total. The summed E-state index contributed by atoms with van der Waals surface area (Å²) in [7, 11) is 0. The van der Waals surface area contributed by atoms with Gasteiger partial charge in [-0.2, -0.15) is 0 Å². The van der Waals surface area contributed by atoms with Crippen molar-refractivity contribution in [2.75, 3.05) is 13.2 Å². The fourth-order valence-corrected chi connectivity index (χ4v) is 2.78. The Morgan fingerprint density at radius 2 is 2.32 bits per heavy atom. The first kappa shape index (κ1) is 14.5. The van der Waals surface area contributed by atoms with Crippen LogP contribution in [-0.2, 0) is 11.3 Å². The molecule has 1 aliphatic rings. The van der Waals surface area contributed by atoms with E-state index in [1.54, 1.807) is 0 Å². The second kappa shape index (κ2) is 8.28. The van der Waals surface area contributed by atoms with E-state index in [1.165, 1.54) is 32.1 Å². The van der Waals surface area contributed by atoms with Gasteiger partial charge in [0.15, 0.2) is 0 Å². The lowest BCUT2D eigenvalue weighted by Crippen LogP contribution is -2.27. The van der Waals surface area contributed by atoms with E-state index in [1.807, 2.05) is 24.4 Å². The first-order valence-electron chi connectivity index (χ1n) is 7.60. The summed E-state index contributed by atoms with van der Waals surface area (Å²) < 4.78 is 5.97. The van der Waals surface area contributed by atoms with Gasteiger partial charge in [0, 0.05) is 19.3 Å². The predicted molar refractivity (Wildman–Crippen MR) is 77.9 cm³/mol. The van der Waals surface area contributed by atoms with Crippen LogP contribution in [0.2, 0.25) is 0 Å². The summed E-state index contributed by atoms with van der Waals surface area (Å²) in [6.07, 6.45) is 8.88. The monoisotopic (exact) mass is 262 g/mol. The Hall–Kier alpha value is -0.930. The van der Waals surface area contributed by atoms with Gasteiger partial charge in [-0.1, -0.05) is 32.3 Å². The third-order valence-corrected chi connectivity index (χ3v) is 3.98. The topological polar surface area (TPSA) is 34.1 Å². The summed E-state index contributed by atoms with van der Waals surface area (Å²) in [5, 5.41) is 3.38. The van der Waals surface area contributed by atoms with Gasteiger partial charge in [0.25, 0.3) is 0 Å². The van der Waals surface area contributed by atoms with Crippen molar-refractivity contribution in [3.63, 3.8) is 0 Å². The highest BCUT2D eigenvalue weighted by Crippen LogP contribution is 2.28. The first-order valence-corrected chi connectivity index (χ1v) is 7.60. The van der Waals surface area contributed by atoms with Gasteiger partial charge < -0.3 is 10.1 Å². The Balaban J connectivity index is 1.54. The van der Waals surface area contributed by atoms with Gasteiger partial charge in [0.2, 0.25) is 0 Å². The molecule has 0 saturated heterocycles. The largest absolute Gasteiger partial charge is 0.377 e. The molecule has 1 aromatic heterocycles. The third kappa shape index (κ3) is 5.29. The van der Waals surface area contributed by atoms with Crippen LogP contribution in [0.4, 0.5) is 0 Å². The van der Waals surface area contributed by atoms with Gasteiger partial charge in [-0.3, -0.25) is 4.98 Å². The number of aromatic nitrogens is 1. The highest BCUT2D eigenvalue weighted by atomic mass is 16.5. The molecule has 19 heavy (non-hydrogen) atoms. The van der Waals surface area contributed by atoms with Crippen molar-refractivity contribution in [3.8, 4) is 0 Å². The highest BCUT2D eigenvalue weighted by Gasteiger charge is 2.20. The van der Waals surface area contributed by atoms with E-state index in [4.69, 9.17) is 4.74 Å². The van der Waals surface area contributed by atoms with Crippen LogP contribution in [-0.4, -0.2) is 24.2 Å². The van der Waals surface area contributed by atoms with E-state index in [9.17, 15) is 0 Å². The van der Waals surface area contributed by atoms with Crippen molar-refractivity contribution < 1.29 is 4.74 Å². The van der Waals surface area contributed by atoms with Crippen molar-refractivity contribution >= 4 is 0 Å². The fraction of sp³-hybridized carbons (Fsp3) is 0.688. The molecule has 1 aliphatic carbocycles. The van der Waals surface area contributed by atoms with Gasteiger partial charge >= 0.3 is 0 Å². The second-order valence-corrected chi connectivity index (χ2v) is 5.43. The summed E-state index contributed by atoms with van der Waals surface area (Å²) in [5.41, 5.74) is 1.09.